The van der Waals surface area contributed by atoms with Crippen molar-refractivity contribution >= 4 is 17.5 Å². The predicted octanol–water partition coefficient (Wildman–Crippen LogP) is -1.56. The summed E-state index contributed by atoms with van der Waals surface area (Å²) >= 11 is 0. The Hall–Kier alpha value is -2.12. The number of para-hydroxylation sites is 2. The summed E-state index contributed by atoms with van der Waals surface area (Å²) < 4.78 is 10.7. The zero-order chi connectivity index (χ0) is 16.1. The molecule has 1 aromatic rings. The summed E-state index contributed by atoms with van der Waals surface area (Å²) in [5, 5.41) is 2.89. The summed E-state index contributed by atoms with van der Waals surface area (Å²) in [7, 11) is 0. The molecule has 1 fully saturated rings. The van der Waals surface area contributed by atoms with E-state index in [2.05, 4.69) is 5.32 Å². The first-order valence-corrected chi connectivity index (χ1v) is 7.94. The first-order valence-electron chi connectivity index (χ1n) is 7.94. The van der Waals surface area contributed by atoms with Crippen molar-refractivity contribution in [3.8, 4) is 5.75 Å². The molecule has 2 aliphatic heterocycles. The topological polar surface area (TPSA) is 72.3 Å². The molecule has 1 saturated heterocycles. The molecule has 124 valence electrons. The largest absolute Gasteiger partial charge is 0.482 e. The number of ether oxygens (including phenoxy) is 2. The number of hydrogen-bond acceptors (Lipinski definition) is 4. The van der Waals surface area contributed by atoms with Crippen LogP contribution in [0.2, 0.25) is 0 Å². The number of benzene rings is 1. The van der Waals surface area contributed by atoms with E-state index in [1.807, 2.05) is 12.1 Å². The third-order valence-corrected chi connectivity index (χ3v) is 4.11. The number of hydrogen-bond donors (Lipinski definition) is 2. The van der Waals surface area contributed by atoms with E-state index < -0.39 is 0 Å². The first-order chi connectivity index (χ1) is 11.2. The highest BCUT2D eigenvalue weighted by atomic mass is 16.5. The Labute approximate surface area is 135 Å². The molecule has 0 unspecified atom stereocenters. The van der Waals surface area contributed by atoms with Crippen molar-refractivity contribution in [2.24, 2.45) is 0 Å². The zero-order valence-corrected chi connectivity index (χ0v) is 13.0. The molecule has 2 amide bonds. The summed E-state index contributed by atoms with van der Waals surface area (Å²) in [6, 6.07) is 7.26. The molecule has 0 atom stereocenters. The Morgan fingerprint density at radius 3 is 2.87 bits per heavy atom. The van der Waals surface area contributed by atoms with Gasteiger partial charge in [-0.05, 0) is 12.1 Å². The van der Waals surface area contributed by atoms with Gasteiger partial charge in [0.25, 0.3) is 5.91 Å². The highest BCUT2D eigenvalue weighted by molar-refractivity contribution is 6.02. The Morgan fingerprint density at radius 2 is 2.04 bits per heavy atom. The Kier molecular flexibility index (Phi) is 5.09. The number of anilines is 1. The number of quaternary nitrogens is 1. The number of carbonyl (C=O) groups is 2. The van der Waals surface area contributed by atoms with Crippen molar-refractivity contribution in [3.63, 3.8) is 0 Å². The maximum atomic E-state index is 12.1. The molecule has 2 N–H and O–H groups in total. The van der Waals surface area contributed by atoms with Gasteiger partial charge in [0.2, 0.25) is 5.91 Å². The Bertz CT molecular complexity index is 572. The van der Waals surface area contributed by atoms with Crippen LogP contribution in [0.1, 0.15) is 0 Å². The van der Waals surface area contributed by atoms with Crippen LogP contribution in [-0.4, -0.2) is 64.4 Å². The summed E-state index contributed by atoms with van der Waals surface area (Å²) in [5.74, 6) is 0.290. The van der Waals surface area contributed by atoms with Crippen LogP contribution in [0.4, 0.5) is 5.69 Å². The fraction of sp³-hybridized carbons (Fsp3) is 0.500. The van der Waals surface area contributed by atoms with Crippen molar-refractivity contribution in [2.75, 3.05) is 57.4 Å². The number of morpholine rings is 1. The quantitative estimate of drug-likeness (QED) is 0.689. The van der Waals surface area contributed by atoms with Gasteiger partial charge in [-0.15, -0.1) is 0 Å². The minimum absolute atomic E-state index is 0.0254. The van der Waals surface area contributed by atoms with E-state index in [9.17, 15) is 9.59 Å². The molecule has 0 aliphatic carbocycles. The molecule has 2 heterocycles. The zero-order valence-electron chi connectivity index (χ0n) is 13.0. The molecule has 0 bridgehead atoms. The van der Waals surface area contributed by atoms with E-state index in [1.54, 1.807) is 12.1 Å². The first kappa shape index (κ1) is 15.8. The number of nitrogens with zero attached hydrogens (tertiary/aromatic N) is 1. The van der Waals surface area contributed by atoms with E-state index in [4.69, 9.17) is 9.47 Å². The van der Waals surface area contributed by atoms with Crippen LogP contribution in [0.5, 0.6) is 5.75 Å². The van der Waals surface area contributed by atoms with Crippen molar-refractivity contribution in [1.29, 1.82) is 0 Å². The van der Waals surface area contributed by atoms with Gasteiger partial charge >= 0.3 is 0 Å². The summed E-state index contributed by atoms with van der Waals surface area (Å²) in [6.45, 7) is 5.00. The van der Waals surface area contributed by atoms with Gasteiger partial charge < -0.3 is 19.7 Å². The van der Waals surface area contributed by atoms with Crippen molar-refractivity contribution < 1.29 is 24.0 Å². The number of rotatable bonds is 5. The normalized spacial score (nSPS) is 18.3. The second kappa shape index (κ2) is 7.43. The van der Waals surface area contributed by atoms with Crippen LogP contribution < -0.4 is 19.9 Å². The Balaban J connectivity index is 1.50. The lowest BCUT2D eigenvalue weighted by Crippen LogP contribution is -3.14. The summed E-state index contributed by atoms with van der Waals surface area (Å²) in [6.07, 6.45) is 0. The lowest BCUT2D eigenvalue weighted by molar-refractivity contribution is -0.906. The third-order valence-electron chi connectivity index (χ3n) is 4.11. The van der Waals surface area contributed by atoms with E-state index in [0.717, 1.165) is 32.8 Å². The molecular weight excluding hydrogens is 298 g/mol. The van der Waals surface area contributed by atoms with E-state index in [-0.39, 0.29) is 25.0 Å². The number of nitrogens with one attached hydrogen (secondary N) is 2. The van der Waals surface area contributed by atoms with Crippen molar-refractivity contribution in [1.82, 2.24) is 5.32 Å². The van der Waals surface area contributed by atoms with Gasteiger partial charge in [0.05, 0.1) is 32.0 Å². The second-order valence-electron chi connectivity index (χ2n) is 5.70. The number of carbonyl (C=O) groups excluding carboxylic acids is 2. The number of amides is 2. The summed E-state index contributed by atoms with van der Waals surface area (Å²) in [4.78, 5) is 27.1. The van der Waals surface area contributed by atoms with E-state index >= 15 is 0 Å². The molecule has 0 saturated carbocycles. The molecular formula is C16H22N3O4+. The maximum absolute atomic E-state index is 12.1. The van der Waals surface area contributed by atoms with Gasteiger partial charge in [-0.25, -0.2) is 0 Å². The SMILES string of the molecule is O=C(CN1C(=O)COc2ccccc21)NCC[NH+]1CCOCC1. The average Bonchev–Trinajstić information content (AvgIpc) is 2.58. The molecule has 23 heavy (non-hydrogen) atoms. The van der Waals surface area contributed by atoms with Gasteiger partial charge in [0, 0.05) is 0 Å². The lowest BCUT2D eigenvalue weighted by atomic mass is 10.2. The third kappa shape index (κ3) is 4.00. The standard InChI is InChI=1S/C16H21N3O4/c20-15(17-5-6-18-7-9-22-10-8-18)11-19-13-3-1-2-4-14(13)23-12-16(19)21/h1-4H,5-12H2,(H,17,20)/p+1. The lowest BCUT2D eigenvalue weighted by Gasteiger charge is -2.29. The van der Waals surface area contributed by atoms with Gasteiger partial charge in [-0.3, -0.25) is 14.5 Å². The predicted molar refractivity (Wildman–Crippen MR) is 83.7 cm³/mol. The average molecular weight is 320 g/mol. The molecule has 7 nitrogen and oxygen atoms in total. The molecule has 3 rings (SSSR count). The number of fused-ring (bicyclic) bond motifs is 1. The minimum atomic E-state index is -0.197. The van der Waals surface area contributed by atoms with Gasteiger partial charge in [-0.1, -0.05) is 12.1 Å². The van der Waals surface area contributed by atoms with Crippen LogP contribution in [-0.2, 0) is 14.3 Å². The Morgan fingerprint density at radius 1 is 1.26 bits per heavy atom. The van der Waals surface area contributed by atoms with Gasteiger partial charge in [0.1, 0.15) is 25.4 Å². The highest BCUT2D eigenvalue weighted by Crippen LogP contribution is 2.30. The van der Waals surface area contributed by atoms with Crippen LogP contribution >= 0.6 is 0 Å². The fourth-order valence-corrected chi connectivity index (χ4v) is 2.82. The monoisotopic (exact) mass is 320 g/mol. The van der Waals surface area contributed by atoms with Crippen LogP contribution in [0.15, 0.2) is 24.3 Å². The fourth-order valence-electron chi connectivity index (χ4n) is 2.82. The van der Waals surface area contributed by atoms with Crippen LogP contribution in [0, 0.1) is 0 Å². The highest BCUT2D eigenvalue weighted by Gasteiger charge is 2.26. The molecule has 0 radical (unpaired) electrons. The molecule has 7 heteroatoms. The summed E-state index contributed by atoms with van der Waals surface area (Å²) in [5.41, 5.74) is 0.651. The minimum Gasteiger partial charge on any atom is -0.482 e. The maximum Gasteiger partial charge on any atom is 0.265 e. The molecule has 2 aliphatic rings. The van der Waals surface area contributed by atoms with Gasteiger partial charge in [-0.2, -0.15) is 0 Å². The van der Waals surface area contributed by atoms with Crippen LogP contribution in [0.25, 0.3) is 0 Å². The van der Waals surface area contributed by atoms with E-state index in [1.165, 1.54) is 9.80 Å². The van der Waals surface area contributed by atoms with Gasteiger partial charge in [0.15, 0.2) is 6.61 Å². The second-order valence-corrected chi connectivity index (χ2v) is 5.70. The van der Waals surface area contributed by atoms with Crippen molar-refractivity contribution in [3.05, 3.63) is 24.3 Å². The molecule has 0 spiro atoms. The van der Waals surface area contributed by atoms with Crippen molar-refractivity contribution in [2.45, 2.75) is 0 Å². The van der Waals surface area contributed by atoms with Crippen LogP contribution in [0.3, 0.4) is 0 Å². The van der Waals surface area contributed by atoms with E-state index in [0.29, 0.717) is 18.0 Å². The molecule has 1 aromatic carbocycles. The smallest absolute Gasteiger partial charge is 0.265 e. The molecule has 0 aromatic heterocycles.